The van der Waals surface area contributed by atoms with Crippen LogP contribution < -0.4 is 5.73 Å². The van der Waals surface area contributed by atoms with E-state index in [-0.39, 0.29) is 6.04 Å². The average Bonchev–Trinajstić information content (AvgIpc) is 2.90. The van der Waals surface area contributed by atoms with Crippen molar-refractivity contribution in [3.05, 3.63) is 22.2 Å². The maximum Gasteiger partial charge on any atom is 0.191 e. The van der Waals surface area contributed by atoms with Gasteiger partial charge in [0, 0.05) is 24.4 Å². The SMILES string of the molecule is Cc1nn(C)c(Cl)c1CSc1nnc(CN)n1C(C)C. The normalized spacial score (nSPS) is 11.6. The Morgan fingerprint density at radius 1 is 1.35 bits per heavy atom. The highest BCUT2D eigenvalue weighted by Gasteiger charge is 2.17. The van der Waals surface area contributed by atoms with Crippen LogP contribution in [0.2, 0.25) is 5.15 Å². The molecule has 0 saturated heterocycles. The predicted molar refractivity (Wildman–Crippen MR) is 80.8 cm³/mol. The fourth-order valence-corrected chi connectivity index (χ4v) is 3.53. The van der Waals surface area contributed by atoms with Gasteiger partial charge in [0.2, 0.25) is 0 Å². The van der Waals surface area contributed by atoms with Crippen molar-refractivity contribution < 1.29 is 0 Å². The molecular formula is C12H19ClN6S. The molecule has 110 valence electrons. The molecule has 2 N–H and O–H groups in total. The minimum Gasteiger partial charge on any atom is -0.324 e. The third kappa shape index (κ3) is 2.84. The fourth-order valence-electron chi connectivity index (χ4n) is 2.04. The molecular weight excluding hydrogens is 296 g/mol. The number of hydrogen-bond acceptors (Lipinski definition) is 5. The summed E-state index contributed by atoms with van der Waals surface area (Å²) in [5.41, 5.74) is 7.67. The summed E-state index contributed by atoms with van der Waals surface area (Å²) in [6.07, 6.45) is 0. The first kappa shape index (κ1) is 15.3. The molecule has 0 saturated carbocycles. The van der Waals surface area contributed by atoms with Crippen LogP contribution in [-0.2, 0) is 19.3 Å². The quantitative estimate of drug-likeness (QED) is 0.857. The average molecular weight is 315 g/mol. The summed E-state index contributed by atoms with van der Waals surface area (Å²) in [7, 11) is 1.84. The molecule has 20 heavy (non-hydrogen) atoms. The molecule has 0 spiro atoms. The summed E-state index contributed by atoms with van der Waals surface area (Å²) in [5.74, 6) is 1.52. The molecule has 0 unspecified atom stereocenters. The van der Waals surface area contributed by atoms with Crippen LogP contribution in [0.3, 0.4) is 0 Å². The van der Waals surface area contributed by atoms with Gasteiger partial charge in [-0.25, -0.2) is 0 Å². The third-order valence-corrected chi connectivity index (χ3v) is 4.49. The Kier molecular flexibility index (Phi) is 4.72. The van der Waals surface area contributed by atoms with Gasteiger partial charge in [0.05, 0.1) is 12.2 Å². The Labute approximate surface area is 127 Å². The van der Waals surface area contributed by atoms with E-state index >= 15 is 0 Å². The van der Waals surface area contributed by atoms with Crippen molar-refractivity contribution in [3.63, 3.8) is 0 Å². The van der Waals surface area contributed by atoms with Gasteiger partial charge < -0.3 is 10.3 Å². The Balaban J connectivity index is 2.21. The number of aromatic nitrogens is 5. The summed E-state index contributed by atoms with van der Waals surface area (Å²) in [6.45, 7) is 6.53. The van der Waals surface area contributed by atoms with Gasteiger partial charge in [0.25, 0.3) is 0 Å². The first-order valence-corrected chi connectivity index (χ1v) is 7.76. The van der Waals surface area contributed by atoms with E-state index in [0.717, 1.165) is 22.2 Å². The monoisotopic (exact) mass is 314 g/mol. The van der Waals surface area contributed by atoms with Crippen molar-refractivity contribution in [3.8, 4) is 0 Å². The standard InChI is InChI=1S/C12H19ClN6S/c1-7(2)19-10(5-14)15-16-12(19)20-6-9-8(3)17-18(4)11(9)13/h7H,5-6,14H2,1-4H3. The molecule has 2 heterocycles. The van der Waals surface area contributed by atoms with Gasteiger partial charge >= 0.3 is 0 Å². The van der Waals surface area contributed by atoms with Crippen LogP contribution >= 0.6 is 23.4 Å². The van der Waals surface area contributed by atoms with Crippen LogP contribution in [0.1, 0.15) is 37.0 Å². The number of nitrogens with zero attached hydrogens (tertiary/aromatic N) is 5. The lowest BCUT2D eigenvalue weighted by Crippen LogP contribution is -2.11. The molecule has 0 aliphatic rings. The Morgan fingerprint density at radius 3 is 2.55 bits per heavy atom. The zero-order valence-corrected chi connectivity index (χ0v) is 13.7. The van der Waals surface area contributed by atoms with E-state index in [4.69, 9.17) is 17.3 Å². The van der Waals surface area contributed by atoms with Crippen molar-refractivity contribution in [2.45, 2.75) is 44.3 Å². The second kappa shape index (κ2) is 6.15. The first-order chi connectivity index (χ1) is 9.45. The molecule has 0 radical (unpaired) electrons. The van der Waals surface area contributed by atoms with Gasteiger partial charge in [-0.1, -0.05) is 23.4 Å². The number of rotatable bonds is 5. The third-order valence-electron chi connectivity index (χ3n) is 3.05. The van der Waals surface area contributed by atoms with E-state index in [9.17, 15) is 0 Å². The van der Waals surface area contributed by atoms with E-state index in [0.29, 0.717) is 17.5 Å². The molecule has 0 atom stereocenters. The molecule has 0 amide bonds. The van der Waals surface area contributed by atoms with Crippen molar-refractivity contribution in [1.82, 2.24) is 24.5 Å². The van der Waals surface area contributed by atoms with E-state index in [1.807, 2.05) is 14.0 Å². The topological polar surface area (TPSA) is 74.6 Å². The Hall–Kier alpha value is -1.05. The van der Waals surface area contributed by atoms with E-state index in [2.05, 4.69) is 33.7 Å². The maximum atomic E-state index is 6.24. The first-order valence-electron chi connectivity index (χ1n) is 6.40. The summed E-state index contributed by atoms with van der Waals surface area (Å²) >= 11 is 7.84. The van der Waals surface area contributed by atoms with Gasteiger partial charge in [-0.3, -0.25) is 4.68 Å². The summed E-state index contributed by atoms with van der Waals surface area (Å²) in [6, 6.07) is 0.275. The second-order valence-electron chi connectivity index (χ2n) is 4.83. The lowest BCUT2D eigenvalue weighted by Gasteiger charge is -2.12. The van der Waals surface area contributed by atoms with Crippen molar-refractivity contribution in [2.24, 2.45) is 12.8 Å². The molecule has 0 aliphatic carbocycles. The van der Waals surface area contributed by atoms with Crippen LogP contribution in [0.15, 0.2) is 5.16 Å². The van der Waals surface area contributed by atoms with Gasteiger partial charge in [-0.2, -0.15) is 5.10 Å². The van der Waals surface area contributed by atoms with Crippen molar-refractivity contribution in [1.29, 1.82) is 0 Å². The molecule has 0 aromatic carbocycles. The minimum absolute atomic E-state index is 0.275. The molecule has 6 nitrogen and oxygen atoms in total. The van der Waals surface area contributed by atoms with Crippen molar-refractivity contribution in [2.75, 3.05) is 0 Å². The fraction of sp³-hybridized carbons (Fsp3) is 0.583. The Morgan fingerprint density at radius 2 is 2.05 bits per heavy atom. The second-order valence-corrected chi connectivity index (χ2v) is 6.13. The molecule has 0 bridgehead atoms. The maximum absolute atomic E-state index is 6.24. The summed E-state index contributed by atoms with van der Waals surface area (Å²) in [5, 5.41) is 14.2. The van der Waals surface area contributed by atoms with Crippen molar-refractivity contribution >= 4 is 23.4 Å². The van der Waals surface area contributed by atoms with Crippen LogP contribution in [0.5, 0.6) is 0 Å². The molecule has 2 aromatic heterocycles. The van der Waals surface area contributed by atoms with Crippen LogP contribution in [0.4, 0.5) is 0 Å². The predicted octanol–water partition coefficient (Wildman–Crippen LogP) is 2.31. The molecule has 2 rings (SSSR count). The number of thioether (sulfide) groups is 1. The number of hydrogen-bond donors (Lipinski definition) is 1. The molecule has 0 fully saturated rings. The van der Waals surface area contributed by atoms with Gasteiger partial charge in [-0.05, 0) is 20.8 Å². The highest BCUT2D eigenvalue weighted by Crippen LogP contribution is 2.29. The number of halogens is 1. The zero-order chi connectivity index (χ0) is 14.9. The van der Waals surface area contributed by atoms with Gasteiger partial charge in [-0.15, -0.1) is 10.2 Å². The number of nitrogens with two attached hydrogens (primary N) is 1. The van der Waals surface area contributed by atoms with Crippen LogP contribution in [0.25, 0.3) is 0 Å². The molecule has 8 heteroatoms. The van der Waals surface area contributed by atoms with Crippen LogP contribution in [-0.4, -0.2) is 24.5 Å². The molecule has 2 aromatic rings. The summed E-state index contributed by atoms with van der Waals surface area (Å²) in [4.78, 5) is 0. The lowest BCUT2D eigenvalue weighted by molar-refractivity contribution is 0.526. The minimum atomic E-state index is 0.275. The largest absolute Gasteiger partial charge is 0.324 e. The van der Waals surface area contributed by atoms with E-state index in [1.54, 1.807) is 16.4 Å². The van der Waals surface area contributed by atoms with Gasteiger partial charge in [0.15, 0.2) is 5.16 Å². The Bertz CT molecular complexity index is 603. The zero-order valence-electron chi connectivity index (χ0n) is 12.1. The van der Waals surface area contributed by atoms with Crippen LogP contribution in [0, 0.1) is 6.92 Å². The lowest BCUT2D eigenvalue weighted by atomic mass is 10.3. The smallest absolute Gasteiger partial charge is 0.191 e. The molecule has 0 aliphatic heterocycles. The highest BCUT2D eigenvalue weighted by atomic mass is 35.5. The number of aryl methyl sites for hydroxylation is 2. The highest BCUT2D eigenvalue weighted by molar-refractivity contribution is 7.98. The van der Waals surface area contributed by atoms with E-state index < -0.39 is 0 Å². The van der Waals surface area contributed by atoms with E-state index in [1.165, 1.54) is 0 Å². The van der Waals surface area contributed by atoms with Gasteiger partial charge in [0.1, 0.15) is 11.0 Å². The summed E-state index contributed by atoms with van der Waals surface area (Å²) < 4.78 is 3.75.